The number of hydrogen-bond donors (Lipinski definition) is 2. The van der Waals surface area contributed by atoms with Gasteiger partial charge in [0.15, 0.2) is 5.13 Å². The molecule has 6 rings (SSSR count). The van der Waals surface area contributed by atoms with E-state index in [1.54, 1.807) is 29.6 Å². The van der Waals surface area contributed by atoms with E-state index in [1.165, 1.54) is 17.2 Å². The summed E-state index contributed by atoms with van der Waals surface area (Å²) in [6.07, 6.45) is 1.49. The lowest BCUT2D eigenvalue weighted by atomic mass is 9.99. The first-order valence-electron chi connectivity index (χ1n) is 12.7. The number of fused-ring (bicyclic) bond motifs is 1. The Hall–Kier alpha value is -4.22. The van der Waals surface area contributed by atoms with Crippen LogP contribution in [0.2, 0.25) is 0 Å². The minimum atomic E-state index is -1.46. The van der Waals surface area contributed by atoms with Crippen molar-refractivity contribution in [1.29, 1.82) is 0 Å². The molecule has 0 radical (unpaired) electrons. The number of piperazine rings is 1. The molecule has 2 amide bonds. The van der Waals surface area contributed by atoms with Gasteiger partial charge in [-0.05, 0) is 53.6 Å². The second-order valence-electron chi connectivity index (χ2n) is 9.60. The maximum atomic E-state index is 15.3. The first-order chi connectivity index (χ1) is 19.4. The topological polar surface area (TPSA) is 77.6 Å². The number of hydrogen-bond acceptors (Lipinski definition) is 6. The minimum Gasteiger partial charge on any atom is -0.369 e. The van der Waals surface area contributed by atoms with Gasteiger partial charge in [0.2, 0.25) is 0 Å². The van der Waals surface area contributed by atoms with Crippen LogP contribution in [0.25, 0.3) is 11.1 Å². The number of thiazole rings is 1. The Morgan fingerprint density at radius 1 is 0.975 bits per heavy atom. The van der Waals surface area contributed by atoms with E-state index >= 15 is 4.39 Å². The van der Waals surface area contributed by atoms with Crippen LogP contribution < -0.4 is 15.5 Å². The van der Waals surface area contributed by atoms with Gasteiger partial charge in [-0.15, -0.1) is 11.3 Å². The van der Waals surface area contributed by atoms with E-state index in [2.05, 4.69) is 20.5 Å². The normalized spacial score (nSPS) is 15.7. The second kappa shape index (κ2) is 10.7. The maximum absolute atomic E-state index is 15.3. The fraction of sp³-hybridized carbons (Fsp3) is 0.207. The SMILES string of the molecule is O=C(Nc1nccs1)C(c1cc(F)ccc1F)N1Cc2ccc(-c3ccc(N4CCNCC4)cc3F)cc2C1=O. The summed E-state index contributed by atoms with van der Waals surface area (Å²) >= 11 is 1.16. The summed E-state index contributed by atoms with van der Waals surface area (Å²) in [5, 5.41) is 7.78. The lowest BCUT2D eigenvalue weighted by Crippen LogP contribution is -2.43. The molecule has 40 heavy (non-hydrogen) atoms. The molecule has 3 aromatic carbocycles. The Balaban J connectivity index is 1.32. The van der Waals surface area contributed by atoms with Crippen molar-refractivity contribution in [1.82, 2.24) is 15.2 Å². The molecular weight excluding hydrogens is 539 g/mol. The third-order valence-corrected chi connectivity index (χ3v) is 7.85. The lowest BCUT2D eigenvalue weighted by Gasteiger charge is -2.29. The largest absolute Gasteiger partial charge is 0.369 e. The molecule has 0 spiro atoms. The molecule has 1 saturated heterocycles. The molecule has 2 N–H and O–H groups in total. The number of amides is 2. The van der Waals surface area contributed by atoms with Crippen LogP contribution in [-0.4, -0.2) is 47.9 Å². The summed E-state index contributed by atoms with van der Waals surface area (Å²) in [4.78, 5) is 34.3. The highest BCUT2D eigenvalue weighted by Crippen LogP contribution is 2.37. The Kier molecular flexibility index (Phi) is 6.99. The molecule has 0 aliphatic carbocycles. The molecular formula is C29H24F3N5O2S. The first-order valence-corrected chi connectivity index (χ1v) is 13.6. The summed E-state index contributed by atoms with van der Waals surface area (Å²) < 4.78 is 44.3. The van der Waals surface area contributed by atoms with Crippen molar-refractivity contribution in [3.05, 3.63) is 100 Å². The highest BCUT2D eigenvalue weighted by atomic mass is 32.1. The van der Waals surface area contributed by atoms with Gasteiger partial charge in [0.05, 0.1) is 0 Å². The fourth-order valence-corrected chi connectivity index (χ4v) is 5.72. The number of aromatic nitrogens is 1. The first kappa shape index (κ1) is 26.0. The predicted octanol–water partition coefficient (Wildman–Crippen LogP) is 4.97. The highest BCUT2D eigenvalue weighted by Gasteiger charge is 2.39. The standard InChI is InChI=1S/C29H24F3N5O2S/c30-19-3-6-24(31)23(14-19)26(27(38)35-29-34-9-12-40-29)37-16-18-2-1-17(13-22(18)28(37)39)21-5-4-20(15-25(21)32)36-10-7-33-8-11-36/h1-6,9,12-15,26,33H,7-8,10-11,16H2,(H,34,35,38). The number of carbonyl (C=O) groups excluding carboxylic acids is 2. The van der Waals surface area contributed by atoms with E-state index in [4.69, 9.17) is 0 Å². The van der Waals surface area contributed by atoms with E-state index in [1.807, 2.05) is 6.07 Å². The highest BCUT2D eigenvalue weighted by molar-refractivity contribution is 7.13. The quantitative estimate of drug-likeness (QED) is 0.346. The van der Waals surface area contributed by atoms with Crippen molar-refractivity contribution in [2.45, 2.75) is 12.6 Å². The number of anilines is 2. The Morgan fingerprint density at radius 2 is 1.80 bits per heavy atom. The summed E-state index contributed by atoms with van der Waals surface area (Å²) in [5.74, 6) is -3.25. The zero-order chi connectivity index (χ0) is 27.8. The Bertz CT molecular complexity index is 1590. The number of nitrogens with zero attached hydrogens (tertiary/aromatic N) is 3. The lowest BCUT2D eigenvalue weighted by molar-refractivity contribution is -0.121. The van der Waals surface area contributed by atoms with Crippen molar-refractivity contribution in [3.8, 4) is 11.1 Å². The molecule has 1 fully saturated rings. The molecule has 0 saturated carbocycles. The number of rotatable bonds is 6. The fourth-order valence-electron chi connectivity index (χ4n) is 5.19. The molecule has 1 unspecified atom stereocenters. The zero-order valence-electron chi connectivity index (χ0n) is 21.2. The molecule has 204 valence electrons. The Morgan fingerprint density at radius 3 is 2.55 bits per heavy atom. The molecule has 7 nitrogen and oxygen atoms in total. The van der Waals surface area contributed by atoms with Crippen LogP contribution in [0.5, 0.6) is 0 Å². The van der Waals surface area contributed by atoms with E-state index in [-0.39, 0.29) is 22.8 Å². The predicted molar refractivity (Wildman–Crippen MR) is 147 cm³/mol. The third kappa shape index (κ3) is 4.93. The minimum absolute atomic E-state index is 0.00916. The number of nitrogens with one attached hydrogen (secondary N) is 2. The zero-order valence-corrected chi connectivity index (χ0v) is 22.0. The molecule has 2 aliphatic heterocycles. The summed E-state index contributed by atoms with van der Waals surface area (Å²) in [6.45, 7) is 3.21. The van der Waals surface area contributed by atoms with Gasteiger partial charge < -0.3 is 15.1 Å². The van der Waals surface area contributed by atoms with Crippen LogP contribution in [0.15, 0.2) is 66.2 Å². The maximum Gasteiger partial charge on any atom is 0.255 e. The van der Waals surface area contributed by atoms with Gasteiger partial charge in [-0.25, -0.2) is 18.2 Å². The average molecular weight is 564 g/mol. The summed E-state index contributed by atoms with van der Waals surface area (Å²) in [6, 6.07) is 11.4. The molecule has 3 heterocycles. The number of benzene rings is 3. The monoisotopic (exact) mass is 563 g/mol. The van der Waals surface area contributed by atoms with Crippen LogP contribution in [0, 0.1) is 17.5 Å². The van der Waals surface area contributed by atoms with Gasteiger partial charge in [0.25, 0.3) is 11.8 Å². The van der Waals surface area contributed by atoms with E-state index in [0.717, 1.165) is 61.4 Å². The Labute approximate surface area is 232 Å². The second-order valence-corrected chi connectivity index (χ2v) is 10.5. The van der Waals surface area contributed by atoms with Gasteiger partial charge in [-0.1, -0.05) is 12.1 Å². The smallest absolute Gasteiger partial charge is 0.255 e. The number of halogens is 3. The van der Waals surface area contributed by atoms with Crippen LogP contribution in [0.1, 0.15) is 27.5 Å². The van der Waals surface area contributed by atoms with Gasteiger partial charge in [-0.2, -0.15) is 0 Å². The van der Waals surface area contributed by atoms with Crippen molar-refractivity contribution >= 4 is 34.0 Å². The molecule has 4 aromatic rings. The van der Waals surface area contributed by atoms with Crippen LogP contribution >= 0.6 is 11.3 Å². The van der Waals surface area contributed by atoms with Gasteiger partial charge in [0.1, 0.15) is 23.5 Å². The van der Waals surface area contributed by atoms with Crippen LogP contribution in [0.3, 0.4) is 0 Å². The van der Waals surface area contributed by atoms with E-state index in [0.29, 0.717) is 16.7 Å². The van der Waals surface area contributed by atoms with Crippen molar-refractivity contribution < 1.29 is 22.8 Å². The average Bonchev–Trinajstić information content (AvgIpc) is 3.59. The van der Waals surface area contributed by atoms with Gasteiger partial charge in [-0.3, -0.25) is 14.9 Å². The van der Waals surface area contributed by atoms with E-state index in [9.17, 15) is 18.4 Å². The molecule has 2 aliphatic rings. The van der Waals surface area contributed by atoms with Crippen LogP contribution in [-0.2, 0) is 11.3 Å². The molecule has 1 atom stereocenters. The van der Waals surface area contributed by atoms with E-state index < -0.39 is 35.3 Å². The molecule has 0 bridgehead atoms. The molecule has 1 aromatic heterocycles. The van der Waals surface area contributed by atoms with Crippen LogP contribution in [0.4, 0.5) is 24.0 Å². The van der Waals surface area contributed by atoms with Crippen molar-refractivity contribution in [3.63, 3.8) is 0 Å². The summed E-state index contributed by atoms with van der Waals surface area (Å²) in [5.41, 5.74) is 2.21. The van der Waals surface area contributed by atoms with Crippen molar-refractivity contribution in [2.24, 2.45) is 0 Å². The van der Waals surface area contributed by atoms with Crippen molar-refractivity contribution in [2.75, 3.05) is 36.4 Å². The third-order valence-electron chi connectivity index (χ3n) is 7.16. The molecule has 11 heteroatoms. The van der Waals surface area contributed by atoms with Gasteiger partial charge in [0, 0.05) is 66.7 Å². The van der Waals surface area contributed by atoms with Gasteiger partial charge >= 0.3 is 0 Å². The number of carbonyl (C=O) groups is 2. The summed E-state index contributed by atoms with van der Waals surface area (Å²) in [7, 11) is 0.